The maximum absolute atomic E-state index is 13.5. The van der Waals surface area contributed by atoms with Gasteiger partial charge in [-0.1, -0.05) is 0 Å². The highest BCUT2D eigenvalue weighted by Crippen LogP contribution is 2.37. The van der Waals surface area contributed by atoms with Gasteiger partial charge in [-0.25, -0.2) is 9.87 Å². The molecule has 0 spiro atoms. The van der Waals surface area contributed by atoms with Gasteiger partial charge in [0.25, 0.3) is 11.8 Å². The maximum atomic E-state index is 13.5. The summed E-state index contributed by atoms with van der Waals surface area (Å²) in [5.41, 5.74) is -0.114. The molecular formula is C17H12F4N2O4. The smallest absolute Gasteiger partial charge is 0.416 e. The Morgan fingerprint density at radius 1 is 1.22 bits per heavy atom. The molecule has 0 atom stereocenters. The summed E-state index contributed by atoms with van der Waals surface area (Å²) in [6.45, 7) is -0.999. The van der Waals surface area contributed by atoms with Crippen LogP contribution in [0, 0.1) is 5.82 Å². The standard InChI is InChI=1S/C17H12F4N2O4/c18-11-2-3-12(17(19,20)21)10(5-11)7-23-13-6-9(16(25)22-26)1-4-14(13)27-8-15(23)24/h1-6,26H,7-8H2,(H,22,25). The van der Waals surface area contributed by atoms with E-state index in [-0.39, 0.29) is 17.0 Å². The van der Waals surface area contributed by atoms with Gasteiger partial charge in [0.15, 0.2) is 6.61 Å². The van der Waals surface area contributed by atoms with Crippen LogP contribution in [0.2, 0.25) is 0 Å². The lowest BCUT2D eigenvalue weighted by molar-refractivity contribution is -0.138. The molecule has 0 aliphatic carbocycles. The summed E-state index contributed by atoms with van der Waals surface area (Å²) in [6, 6.07) is 5.83. The summed E-state index contributed by atoms with van der Waals surface area (Å²) in [5.74, 6) is -2.26. The number of ether oxygens (including phenoxy) is 1. The molecule has 0 aromatic heterocycles. The molecule has 2 aromatic carbocycles. The van der Waals surface area contributed by atoms with E-state index >= 15 is 0 Å². The number of nitrogens with one attached hydrogen (secondary N) is 1. The molecule has 1 aliphatic rings. The van der Waals surface area contributed by atoms with Crippen molar-refractivity contribution in [2.24, 2.45) is 0 Å². The van der Waals surface area contributed by atoms with Crippen molar-refractivity contribution in [3.05, 3.63) is 58.9 Å². The van der Waals surface area contributed by atoms with Crippen LogP contribution in [0.1, 0.15) is 21.5 Å². The largest absolute Gasteiger partial charge is 0.482 e. The summed E-state index contributed by atoms with van der Waals surface area (Å²) in [4.78, 5) is 24.8. The third-order valence-corrected chi connectivity index (χ3v) is 3.97. The zero-order chi connectivity index (χ0) is 19.8. The Labute approximate surface area is 149 Å². The highest BCUT2D eigenvalue weighted by Gasteiger charge is 2.35. The third kappa shape index (κ3) is 3.70. The van der Waals surface area contributed by atoms with E-state index in [1.54, 1.807) is 0 Å². The predicted octanol–water partition coefficient (Wildman–Crippen LogP) is 2.89. The maximum Gasteiger partial charge on any atom is 0.416 e. The number of carbonyl (C=O) groups is 2. The fourth-order valence-corrected chi connectivity index (χ4v) is 2.72. The highest BCUT2D eigenvalue weighted by atomic mass is 19.4. The number of nitrogens with zero attached hydrogens (tertiary/aromatic N) is 1. The molecule has 0 saturated carbocycles. The minimum atomic E-state index is -4.74. The Hall–Kier alpha value is -3.14. The molecule has 0 unspecified atom stereocenters. The molecule has 2 N–H and O–H groups in total. The SMILES string of the molecule is O=C(NO)c1ccc2c(c1)N(Cc1cc(F)ccc1C(F)(F)F)C(=O)CO2. The zero-order valence-corrected chi connectivity index (χ0v) is 13.5. The van der Waals surface area contributed by atoms with Gasteiger partial charge in [0.1, 0.15) is 11.6 Å². The first-order valence-corrected chi connectivity index (χ1v) is 7.58. The van der Waals surface area contributed by atoms with Crippen LogP contribution in [-0.2, 0) is 17.5 Å². The number of hydrogen-bond acceptors (Lipinski definition) is 4. The number of alkyl halides is 3. The van der Waals surface area contributed by atoms with Gasteiger partial charge in [-0.2, -0.15) is 13.2 Å². The molecule has 0 saturated heterocycles. The van der Waals surface area contributed by atoms with Crippen LogP contribution in [0.4, 0.5) is 23.2 Å². The van der Waals surface area contributed by atoms with Crippen LogP contribution in [0.5, 0.6) is 5.75 Å². The van der Waals surface area contributed by atoms with Crippen molar-refractivity contribution in [3.8, 4) is 5.75 Å². The van der Waals surface area contributed by atoms with E-state index in [1.165, 1.54) is 23.7 Å². The molecule has 2 amide bonds. The van der Waals surface area contributed by atoms with Crippen molar-refractivity contribution in [1.29, 1.82) is 0 Å². The van der Waals surface area contributed by atoms with Crippen LogP contribution in [0.15, 0.2) is 36.4 Å². The van der Waals surface area contributed by atoms with Gasteiger partial charge >= 0.3 is 6.18 Å². The van der Waals surface area contributed by atoms with Crippen LogP contribution >= 0.6 is 0 Å². The Morgan fingerprint density at radius 3 is 2.63 bits per heavy atom. The summed E-state index contributed by atoms with van der Waals surface area (Å²) in [5, 5.41) is 8.72. The van der Waals surface area contributed by atoms with Crippen molar-refractivity contribution in [2.75, 3.05) is 11.5 Å². The monoisotopic (exact) mass is 384 g/mol. The van der Waals surface area contributed by atoms with E-state index in [0.717, 1.165) is 4.90 Å². The predicted molar refractivity (Wildman–Crippen MR) is 83.8 cm³/mol. The van der Waals surface area contributed by atoms with E-state index in [4.69, 9.17) is 9.94 Å². The Balaban J connectivity index is 2.05. The number of fused-ring (bicyclic) bond motifs is 1. The van der Waals surface area contributed by atoms with Gasteiger partial charge in [-0.05, 0) is 42.0 Å². The fourth-order valence-electron chi connectivity index (χ4n) is 2.72. The van der Waals surface area contributed by atoms with E-state index < -0.39 is 48.1 Å². The summed E-state index contributed by atoms with van der Waals surface area (Å²) in [7, 11) is 0. The zero-order valence-electron chi connectivity index (χ0n) is 13.5. The minimum absolute atomic E-state index is 0.0322. The number of carbonyl (C=O) groups excluding carboxylic acids is 2. The van der Waals surface area contributed by atoms with Gasteiger partial charge in [-0.15, -0.1) is 0 Å². The first kappa shape index (κ1) is 18.6. The van der Waals surface area contributed by atoms with Gasteiger partial charge in [0, 0.05) is 5.56 Å². The number of rotatable bonds is 3. The normalized spacial score (nSPS) is 13.8. The van der Waals surface area contributed by atoms with Crippen molar-refractivity contribution in [3.63, 3.8) is 0 Å². The van der Waals surface area contributed by atoms with E-state index in [9.17, 15) is 27.2 Å². The van der Waals surface area contributed by atoms with Crippen LogP contribution in [0.3, 0.4) is 0 Å². The van der Waals surface area contributed by atoms with Gasteiger partial charge in [-0.3, -0.25) is 14.8 Å². The molecule has 3 rings (SSSR count). The fraction of sp³-hybridized carbons (Fsp3) is 0.176. The highest BCUT2D eigenvalue weighted by molar-refractivity contribution is 6.01. The average molecular weight is 384 g/mol. The van der Waals surface area contributed by atoms with Gasteiger partial charge in [0.05, 0.1) is 17.8 Å². The molecule has 27 heavy (non-hydrogen) atoms. The molecule has 0 radical (unpaired) electrons. The molecular weight excluding hydrogens is 372 g/mol. The number of amides is 2. The molecule has 1 aliphatic heterocycles. The lowest BCUT2D eigenvalue weighted by Gasteiger charge is -2.30. The molecule has 0 bridgehead atoms. The lowest BCUT2D eigenvalue weighted by Crippen LogP contribution is -2.39. The van der Waals surface area contributed by atoms with Crippen LogP contribution < -0.4 is 15.1 Å². The number of hydroxylamine groups is 1. The number of anilines is 1. The van der Waals surface area contributed by atoms with Crippen molar-refractivity contribution in [1.82, 2.24) is 5.48 Å². The van der Waals surface area contributed by atoms with E-state index in [0.29, 0.717) is 18.2 Å². The average Bonchev–Trinajstić information content (AvgIpc) is 2.62. The number of hydrogen-bond donors (Lipinski definition) is 2. The molecule has 1 heterocycles. The summed E-state index contributed by atoms with van der Waals surface area (Å²) in [6.07, 6.45) is -4.74. The van der Waals surface area contributed by atoms with Crippen molar-refractivity contribution in [2.45, 2.75) is 12.7 Å². The molecule has 0 fully saturated rings. The topological polar surface area (TPSA) is 78.9 Å². The third-order valence-electron chi connectivity index (χ3n) is 3.97. The molecule has 142 valence electrons. The van der Waals surface area contributed by atoms with E-state index in [1.807, 2.05) is 0 Å². The quantitative estimate of drug-likeness (QED) is 0.485. The van der Waals surface area contributed by atoms with Crippen LogP contribution in [0.25, 0.3) is 0 Å². The minimum Gasteiger partial charge on any atom is -0.482 e. The summed E-state index contributed by atoms with van der Waals surface area (Å²) < 4.78 is 58.4. The second-order valence-corrected chi connectivity index (χ2v) is 5.69. The van der Waals surface area contributed by atoms with Gasteiger partial charge in [0.2, 0.25) is 0 Å². The Bertz CT molecular complexity index is 914. The summed E-state index contributed by atoms with van der Waals surface area (Å²) >= 11 is 0. The second-order valence-electron chi connectivity index (χ2n) is 5.69. The van der Waals surface area contributed by atoms with Gasteiger partial charge < -0.3 is 9.64 Å². The first-order chi connectivity index (χ1) is 12.7. The van der Waals surface area contributed by atoms with Crippen LogP contribution in [-0.4, -0.2) is 23.6 Å². The molecule has 2 aromatic rings. The van der Waals surface area contributed by atoms with Crippen molar-refractivity contribution < 1.29 is 37.1 Å². The Kier molecular flexibility index (Phi) is 4.75. The first-order valence-electron chi connectivity index (χ1n) is 7.58. The second kappa shape index (κ2) is 6.88. The van der Waals surface area contributed by atoms with Crippen molar-refractivity contribution >= 4 is 17.5 Å². The number of halogens is 4. The molecule has 10 heteroatoms. The molecule has 6 nitrogen and oxygen atoms in total. The van der Waals surface area contributed by atoms with E-state index in [2.05, 4.69) is 0 Å². The number of benzene rings is 2. The Morgan fingerprint density at radius 2 is 1.96 bits per heavy atom. The lowest BCUT2D eigenvalue weighted by atomic mass is 10.0.